The maximum Gasteiger partial charge on any atom is 0.331 e. The van der Waals surface area contributed by atoms with Crippen LogP contribution in [0.25, 0.3) is 6.08 Å². The van der Waals surface area contributed by atoms with Crippen LogP contribution in [0.15, 0.2) is 36.4 Å². The number of ether oxygens (including phenoxy) is 3. The molecule has 0 unspecified atom stereocenters. The average Bonchev–Trinajstić information content (AvgIpc) is 2.66. The summed E-state index contributed by atoms with van der Waals surface area (Å²) in [5, 5.41) is 3.57. The Bertz CT molecular complexity index is 915. The minimum atomic E-state index is -0.705. The van der Waals surface area contributed by atoms with Gasteiger partial charge in [-0.25, -0.2) is 4.79 Å². The molecule has 0 spiro atoms. The molecule has 0 aliphatic rings. The lowest BCUT2D eigenvalue weighted by molar-refractivity contribution is -0.142. The van der Waals surface area contributed by atoms with Crippen molar-refractivity contribution < 1.29 is 23.8 Å². The monoisotopic (exact) mass is 443 g/mol. The van der Waals surface area contributed by atoms with Gasteiger partial charge >= 0.3 is 5.97 Å². The minimum absolute atomic E-state index is 0.275. The summed E-state index contributed by atoms with van der Waals surface area (Å²) >= 11 is 17.9. The van der Waals surface area contributed by atoms with Crippen LogP contribution in [0.1, 0.15) is 5.56 Å². The van der Waals surface area contributed by atoms with Crippen molar-refractivity contribution in [3.8, 4) is 11.5 Å². The van der Waals surface area contributed by atoms with E-state index < -0.39 is 18.5 Å². The number of halogens is 3. The average molecular weight is 445 g/mol. The molecule has 0 aliphatic carbocycles. The Balaban J connectivity index is 1.93. The summed E-state index contributed by atoms with van der Waals surface area (Å²) in [6.45, 7) is -0.477. The Labute approximate surface area is 176 Å². The molecule has 2 aromatic carbocycles. The molecule has 0 saturated heterocycles. The first kappa shape index (κ1) is 21.9. The number of esters is 1. The van der Waals surface area contributed by atoms with Crippen LogP contribution < -0.4 is 14.8 Å². The summed E-state index contributed by atoms with van der Waals surface area (Å²) in [6.07, 6.45) is 2.64. The van der Waals surface area contributed by atoms with Gasteiger partial charge in [0.2, 0.25) is 0 Å². The highest BCUT2D eigenvalue weighted by molar-refractivity contribution is 6.36. The predicted octanol–water partition coefficient (Wildman–Crippen LogP) is 4.86. The molecule has 0 bridgehead atoms. The molecule has 0 heterocycles. The summed E-state index contributed by atoms with van der Waals surface area (Å²) < 4.78 is 15.2. The van der Waals surface area contributed by atoms with Crippen molar-refractivity contribution in [2.45, 2.75) is 0 Å². The van der Waals surface area contributed by atoms with Gasteiger partial charge in [0.15, 0.2) is 18.1 Å². The fourth-order valence-corrected chi connectivity index (χ4v) is 2.91. The van der Waals surface area contributed by atoms with Crippen LogP contribution in [0.5, 0.6) is 11.5 Å². The van der Waals surface area contributed by atoms with Crippen LogP contribution in [-0.4, -0.2) is 32.7 Å². The van der Waals surface area contributed by atoms with E-state index in [2.05, 4.69) is 5.32 Å². The number of benzene rings is 2. The first-order valence-corrected chi connectivity index (χ1v) is 8.98. The van der Waals surface area contributed by atoms with Crippen molar-refractivity contribution >= 4 is 58.4 Å². The largest absolute Gasteiger partial charge is 0.493 e. The Morgan fingerprint density at radius 2 is 1.79 bits per heavy atom. The zero-order chi connectivity index (χ0) is 20.7. The first-order valence-electron chi connectivity index (χ1n) is 7.85. The van der Waals surface area contributed by atoms with Crippen molar-refractivity contribution in [3.05, 3.63) is 57.0 Å². The number of carbonyl (C=O) groups is 2. The van der Waals surface area contributed by atoms with E-state index in [9.17, 15) is 9.59 Å². The normalized spacial score (nSPS) is 10.6. The molecule has 1 N–H and O–H groups in total. The van der Waals surface area contributed by atoms with Crippen molar-refractivity contribution in [2.24, 2.45) is 0 Å². The zero-order valence-electron chi connectivity index (χ0n) is 14.9. The number of anilines is 1. The van der Waals surface area contributed by atoms with Crippen LogP contribution >= 0.6 is 34.8 Å². The number of nitrogens with one attached hydrogen (secondary N) is 1. The number of hydrogen-bond donors (Lipinski definition) is 1. The van der Waals surface area contributed by atoms with Gasteiger partial charge in [0.05, 0.1) is 30.0 Å². The van der Waals surface area contributed by atoms with Crippen LogP contribution in [0, 0.1) is 0 Å². The van der Waals surface area contributed by atoms with Gasteiger partial charge in [-0.2, -0.15) is 0 Å². The molecule has 9 heteroatoms. The molecule has 2 rings (SSSR count). The molecule has 0 saturated carbocycles. The predicted molar refractivity (Wildman–Crippen MR) is 110 cm³/mol. The smallest absolute Gasteiger partial charge is 0.331 e. The van der Waals surface area contributed by atoms with E-state index in [1.807, 2.05) is 0 Å². The van der Waals surface area contributed by atoms with Crippen LogP contribution in [-0.2, 0) is 14.3 Å². The number of hydrogen-bond acceptors (Lipinski definition) is 5. The molecule has 2 aromatic rings. The number of rotatable bonds is 7. The molecule has 0 aliphatic heterocycles. The van der Waals surface area contributed by atoms with Gasteiger partial charge in [0, 0.05) is 11.1 Å². The van der Waals surface area contributed by atoms with E-state index in [4.69, 9.17) is 49.0 Å². The summed E-state index contributed by atoms with van der Waals surface area (Å²) in [4.78, 5) is 23.7. The molecule has 28 heavy (non-hydrogen) atoms. The lowest BCUT2D eigenvalue weighted by Crippen LogP contribution is -2.20. The second-order valence-electron chi connectivity index (χ2n) is 5.35. The molecular weight excluding hydrogens is 429 g/mol. The highest BCUT2D eigenvalue weighted by atomic mass is 35.5. The third-order valence-corrected chi connectivity index (χ3v) is 4.25. The molecule has 0 radical (unpaired) electrons. The highest BCUT2D eigenvalue weighted by Crippen LogP contribution is 2.36. The fraction of sp³-hybridized carbons (Fsp3) is 0.158. The van der Waals surface area contributed by atoms with Gasteiger partial charge in [0.1, 0.15) is 0 Å². The molecule has 0 atom stereocenters. The quantitative estimate of drug-likeness (QED) is 0.488. The van der Waals surface area contributed by atoms with E-state index in [-0.39, 0.29) is 5.02 Å². The second kappa shape index (κ2) is 10.2. The highest BCUT2D eigenvalue weighted by Gasteiger charge is 2.11. The van der Waals surface area contributed by atoms with Gasteiger partial charge in [-0.05, 0) is 42.0 Å². The fourth-order valence-electron chi connectivity index (χ4n) is 2.16. The maximum atomic E-state index is 11.9. The van der Waals surface area contributed by atoms with Crippen molar-refractivity contribution in [2.75, 3.05) is 26.1 Å². The number of amides is 1. The molecule has 1 amide bonds. The maximum absolute atomic E-state index is 11.9. The molecule has 6 nitrogen and oxygen atoms in total. The van der Waals surface area contributed by atoms with E-state index in [0.717, 1.165) is 0 Å². The lowest BCUT2D eigenvalue weighted by Gasteiger charge is -2.10. The Morgan fingerprint density at radius 3 is 2.43 bits per heavy atom. The van der Waals surface area contributed by atoms with Gasteiger partial charge in [-0.3, -0.25) is 4.79 Å². The summed E-state index contributed by atoms with van der Waals surface area (Å²) in [7, 11) is 2.94. The van der Waals surface area contributed by atoms with E-state index in [1.54, 1.807) is 24.3 Å². The topological polar surface area (TPSA) is 73.9 Å². The minimum Gasteiger partial charge on any atom is -0.493 e. The summed E-state index contributed by atoms with van der Waals surface area (Å²) in [6, 6.07) is 7.85. The van der Waals surface area contributed by atoms with Gasteiger partial charge in [0.25, 0.3) is 5.91 Å². The standard InChI is InChI=1S/C19H16Cl3NO5/c1-26-16-8-11(7-14(22)19(16)27-2)3-6-18(25)28-10-17(24)23-15-5-4-12(20)9-13(15)21/h3-9H,10H2,1-2H3,(H,23,24). The Kier molecular flexibility index (Phi) is 7.99. The third-order valence-electron chi connectivity index (χ3n) is 3.42. The van der Waals surface area contributed by atoms with Gasteiger partial charge in [-0.1, -0.05) is 34.8 Å². The van der Waals surface area contributed by atoms with E-state index in [1.165, 1.54) is 32.4 Å². The Morgan fingerprint density at radius 1 is 1.04 bits per heavy atom. The van der Waals surface area contributed by atoms with Crippen molar-refractivity contribution in [3.63, 3.8) is 0 Å². The third kappa shape index (κ3) is 6.05. The molecule has 148 valence electrons. The first-order chi connectivity index (χ1) is 13.3. The molecular formula is C19H16Cl3NO5. The zero-order valence-corrected chi connectivity index (χ0v) is 17.2. The van der Waals surface area contributed by atoms with Crippen LogP contribution in [0.4, 0.5) is 5.69 Å². The molecule has 0 aromatic heterocycles. The van der Waals surface area contributed by atoms with Crippen LogP contribution in [0.2, 0.25) is 15.1 Å². The lowest BCUT2D eigenvalue weighted by atomic mass is 10.2. The van der Waals surface area contributed by atoms with E-state index >= 15 is 0 Å². The SMILES string of the molecule is COc1cc(C=CC(=O)OCC(=O)Nc2ccc(Cl)cc2Cl)cc(Cl)c1OC. The Hall–Kier alpha value is -2.41. The molecule has 0 fully saturated rings. The number of methoxy groups -OCH3 is 2. The number of carbonyl (C=O) groups excluding carboxylic acids is 2. The van der Waals surface area contributed by atoms with Crippen molar-refractivity contribution in [1.29, 1.82) is 0 Å². The van der Waals surface area contributed by atoms with E-state index in [0.29, 0.717) is 32.8 Å². The second-order valence-corrected chi connectivity index (χ2v) is 6.60. The van der Waals surface area contributed by atoms with Crippen LogP contribution in [0.3, 0.4) is 0 Å². The van der Waals surface area contributed by atoms with Gasteiger partial charge in [-0.15, -0.1) is 0 Å². The summed E-state index contributed by atoms with van der Waals surface area (Å²) in [5.74, 6) is -0.438. The summed E-state index contributed by atoms with van der Waals surface area (Å²) in [5.41, 5.74) is 0.958. The van der Waals surface area contributed by atoms with Gasteiger partial charge < -0.3 is 19.5 Å². The van der Waals surface area contributed by atoms with Crippen molar-refractivity contribution in [1.82, 2.24) is 0 Å².